The summed E-state index contributed by atoms with van der Waals surface area (Å²) in [6.07, 6.45) is 47.1. The van der Waals surface area contributed by atoms with Crippen LogP contribution in [0, 0.1) is 0 Å². The second-order valence-corrected chi connectivity index (χ2v) is 12.3. The van der Waals surface area contributed by atoms with Crippen molar-refractivity contribution in [1.82, 2.24) is 0 Å². The highest BCUT2D eigenvalue weighted by molar-refractivity contribution is 5.70. The molecule has 0 bridgehead atoms. The topological polar surface area (TPSA) is 72.8 Å². The number of carbonyl (C=O) groups is 2. The van der Waals surface area contributed by atoms with E-state index < -0.39 is 6.10 Å². The fourth-order valence-electron chi connectivity index (χ4n) is 5.00. The molecule has 0 aromatic heterocycles. The third-order valence-electron chi connectivity index (χ3n) is 7.83. The van der Waals surface area contributed by atoms with Gasteiger partial charge in [0.1, 0.15) is 6.61 Å². The maximum Gasteiger partial charge on any atom is 0.306 e. The van der Waals surface area contributed by atoms with E-state index >= 15 is 0 Å². The van der Waals surface area contributed by atoms with Crippen molar-refractivity contribution in [2.45, 2.75) is 174 Å². The summed E-state index contributed by atoms with van der Waals surface area (Å²) in [4.78, 5) is 24.2. The highest BCUT2D eigenvalue weighted by atomic mass is 16.6. The van der Waals surface area contributed by atoms with Gasteiger partial charge >= 0.3 is 11.9 Å². The average molecular weight is 643 g/mol. The summed E-state index contributed by atoms with van der Waals surface area (Å²) in [5.41, 5.74) is 0. The van der Waals surface area contributed by atoms with Crippen LogP contribution in [0.3, 0.4) is 0 Å². The van der Waals surface area contributed by atoms with Gasteiger partial charge in [-0.15, -0.1) is 0 Å². The minimum atomic E-state index is -0.793. The number of ether oxygens (including phenoxy) is 2. The van der Waals surface area contributed by atoms with Crippen LogP contribution in [0.15, 0.2) is 60.8 Å². The number of carbonyl (C=O) groups excluding carboxylic acids is 2. The smallest absolute Gasteiger partial charge is 0.306 e. The third-order valence-corrected chi connectivity index (χ3v) is 7.83. The molecule has 0 spiro atoms. The molecule has 0 saturated heterocycles. The van der Waals surface area contributed by atoms with Crippen LogP contribution in [0.25, 0.3) is 0 Å². The molecule has 1 atom stereocenters. The molecule has 0 aromatic rings. The molecule has 0 fully saturated rings. The van der Waals surface area contributed by atoms with E-state index in [1.165, 1.54) is 77.0 Å². The molecule has 5 heteroatoms. The maximum absolute atomic E-state index is 12.1. The molecular formula is C41H70O5. The second kappa shape index (κ2) is 37.1. The first-order valence-corrected chi connectivity index (χ1v) is 18.8. The zero-order chi connectivity index (χ0) is 33.6. The van der Waals surface area contributed by atoms with E-state index in [1.807, 2.05) is 0 Å². The van der Waals surface area contributed by atoms with Crippen LogP contribution in [0.2, 0.25) is 0 Å². The van der Waals surface area contributed by atoms with Gasteiger partial charge in [-0.25, -0.2) is 0 Å². The first-order valence-electron chi connectivity index (χ1n) is 18.8. The van der Waals surface area contributed by atoms with Crippen molar-refractivity contribution in [2.24, 2.45) is 0 Å². The number of rotatable bonds is 33. The van der Waals surface area contributed by atoms with Crippen molar-refractivity contribution >= 4 is 11.9 Å². The molecule has 0 aromatic carbocycles. The van der Waals surface area contributed by atoms with E-state index in [9.17, 15) is 14.7 Å². The summed E-state index contributed by atoms with van der Waals surface area (Å²) in [5.74, 6) is -0.660. The van der Waals surface area contributed by atoms with Crippen molar-refractivity contribution in [3.05, 3.63) is 60.8 Å². The van der Waals surface area contributed by atoms with Gasteiger partial charge < -0.3 is 14.6 Å². The molecule has 0 saturated carbocycles. The van der Waals surface area contributed by atoms with Crippen LogP contribution in [0.1, 0.15) is 168 Å². The van der Waals surface area contributed by atoms with Crippen LogP contribution < -0.4 is 0 Å². The predicted molar refractivity (Wildman–Crippen MR) is 196 cm³/mol. The Morgan fingerprint density at radius 2 is 0.935 bits per heavy atom. The van der Waals surface area contributed by atoms with Gasteiger partial charge in [0.05, 0.1) is 6.61 Å². The summed E-state index contributed by atoms with van der Waals surface area (Å²) in [6, 6.07) is 0. The van der Waals surface area contributed by atoms with E-state index in [-0.39, 0.29) is 25.2 Å². The molecule has 46 heavy (non-hydrogen) atoms. The molecule has 0 aliphatic rings. The van der Waals surface area contributed by atoms with Gasteiger partial charge in [0.2, 0.25) is 0 Å². The quantitative estimate of drug-likeness (QED) is 0.0438. The Bertz CT molecular complexity index is 823. The van der Waals surface area contributed by atoms with E-state index in [0.29, 0.717) is 19.3 Å². The van der Waals surface area contributed by atoms with Gasteiger partial charge in [0.25, 0.3) is 0 Å². The Labute approximate surface area is 283 Å². The van der Waals surface area contributed by atoms with Crippen LogP contribution >= 0.6 is 0 Å². The van der Waals surface area contributed by atoms with Crippen LogP contribution in [0.4, 0.5) is 0 Å². The largest absolute Gasteiger partial charge is 0.462 e. The summed E-state index contributed by atoms with van der Waals surface area (Å²) in [5, 5.41) is 9.53. The Morgan fingerprint density at radius 1 is 0.522 bits per heavy atom. The van der Waals surface area contributed by atoms with Crippen molar-refractivity contribution < 1.29 is 24.2 Å². The number of aliphatic hydroxyl groups is 1. The van der Waals surface area contributed by atoms with Crippen LogP contribution in [-0.4, -0.2) is 36.4 Å². The minimum Gasteiger partial charge on any atom is -0.462 e. The lowest BCUT2D eigenvalue weighted by atomic mass is 10.0. The highest BCUT2D eigenvalue weighted by Gasteiger charge is 2.16. The van der Waals surface area contributed by atoms with E-state index in [4.69, 9.17) is 9.47 Å². The second-order valence-electron chi connectivity index (χ2n) is 12.3. The highest BCUT2D eigenvalue weighted by Crippen LogP contribution is 2.14. The van der Waals surface area contributed by atoms with Crippen molar-refractivity contribution in [1.29, 1.82) is 0 Å². The molecule has 0 radical (unpaired) electrons. The number of esters is 2. The molecule has 1 N–H and O–H groups in total. The standard InChI is InChI=1S/C41H70O5/c1-3-5-7-9-11-13-15-17-19-20-22-23-25-27-29-31-33-35-40(43)45-38-39(37-42)46-41(44)36-34-32-30-28-26-24-21-18-16-14-12-10-8-6-4-2/h5,7,11,13,17,19,22-23,27,29,39,42H,3-4,6,8-10,12,14-16,18,20-21,24-26,28,30-38H2,1-2H3/t39-/m0/s1. The Balaban J connectivity index is 3.67. The van der Waals surface area contributed by atoms with E-state index in [2.05, 4.69) is 74.6 Å². The molecule has 264 valence electrons. The van der Waals surface area contributed by atoms with E-state index in [0.717, 1.165) is 57.8 Å². The first kappa shape index (κ1) is 43.6. The van der Waals surface area contributed by atoms with Crippen molar-refractivity contribution in [2.75, 3.05) is 13.2 Å². The molecule has 0 rings (SSSR count). The molecule has 0 aliphatic carbocycles. The fourth-order valence-corrected chi connectivity index (χ4v) is 5.00. The normalized spacial score (nSPS) is 12.8. The van der Waals surface area contributed by atoms with Crippen LogP contribution in [-0.2, 0) is 19.1 Å². The number of aliphatic hydroxyl groups excluding tert-OH is 1. The monoisotopic (exact) mass is 643 g/mol. The Morgan fingerprint density at radius 3 is 1.39 bits per heavy atom. The zero-order valence-electron chi connectivity index (χ0n) is 29.8. The molecular weight excluding hydrogens is 572 g/mol. The molecule has 0 aliphatic heterocycles. The van der Waals surface area contributed by atoms with Crippen LogP contribution in [0.5, 0.6) is 0 Å². The van der Waals surface area contributed by atoms with Gasteiger partial charge in [0.15, 0.2) is 6.10 Å². The molecule has 0 heterocycles. The Kier molecular flexibility index (Phi) is 35.1. The third kappa shape index (κ3) is 34.5. The number of hydrogen-bond acceptors (Lipinski definition) is 5. The number of unbranched alkanes of at least 4 members (excludes halogenated alkanes) is 15. The van der Waals surface area contributed by atoms with Gasteiger partial charge in [-0.1, -0.05) is 164 Å². The van der Waals surface area contributed by atoms with Gasteiger partial charge in [-0.05, 0) is 51.4 Å². The zero-order valence-corrected chi connectivity index (χ0v) is 29.8. The lowest BCUT2D eigenvalue weighted by Gasteiger charge is -2.15. The minimum absolute atomic E-state index is 0.0956. The summed E-state index contributed by atoms with van der Waals surface area (Å²) in [7, 11) is 0. The van der Waals surface area contributed by atoms with Gasteiger partial charge in [-0.3, -0.25) is 9.59 Å². The SMILES string of the molecule is CCC=CCC=CCC=CCC=CCC=CCCCC(=O)OC[C@H](CO)OC(=O)CCCCCCCCCCCCCCCCC. The van der Waals surface area contributed by atoms with Crippen molar-refractivity contribution in [3.8, 4) is 0 Å². The van der Waals surface area contributed by atoms with Gasteiger partial charge in [0, 0.05) is 12.8 Å². The number of hydrogen-bond donors (Lipinski definition) is 1. The lowest BCUT2D eigenvalue weighted by molar-refractivity contribution is -0.161. The number of allylic oxidation sites excluding steroid dienone is 10. The summed E-state index contributed by atoms with van der Waals surface area (Å²) < 4.78 is 10.5. The maximum atomic E-state index is 12.1. The van der Waals surface area contributed by atoms with Gasteiger partial charge in [-0.2, -0.15) is 0 Å². The van der Waals surface area contributed by atoms with Crippen molar-refractivity contribution in [3.63, 3.8) is 0 Å². The summed E-state index contributed by atoms with van der Waals surface area (Å²) >= 11 is 0. The fraction of sp³-hybridized carbons (Fsp3) is 0.707. The predicted octanol–water partition coefficient (Wildman–Crippen LogP) is 11.6. The average Bonchev–Trinajstić information content (AvgIpc) is 3.06. The Hall–Kier alpha value is -2.40. The summed E-state index contributed by atoms with van der Waals surface area (Å²) in [6.45, 7) is 3.97. The molecule has 5 nitrogen and oxygen atoms in total. The first-order chi connectivity index (χ1) is 22.6. The molecule has 0 unspecified atom stereocenters. The molecule has 0 amide bonds. The van der Waals surface area contributed by atoms with E-state index in [1.54, 1.807) is 0 Å². The lowest BCUT2D eigenvalue weighted by Crippen LogP contribution is -2.28.